The van der Waals surface area contributed by atoms with Crippen molar-refractivity contribution in [3.8, 4) is 5.75 Å². The molecule has 2 aromatic carbocycles. The van der Waals surface area contributed by atoms with Crippen molar-refractivity contribution in [2.75, 3.05) is 31.1 Å². The zero-order valence-electron chi connectivity index (χ0n) is 23.7. The van der Waals surface area contributed by atoms with E-state index in [2.05, 4.69) is 14.7 Å². The van der Waals surface area contributed by atoms with Gasteiger partial charge in [0.1, 0.15) is 19.0 Å². The number of nitrogens with one attached hydrogen (secondary N) is 1. The van der Waals surface area contributed by atoms with E-state index in [-0.39, 0.29) is 36.7 Å². The molecule has 3 aliphatic heterocycles. The monoisotopic (exact) mass is 627 g/mol. The number of benzene rings is 2. The van der Waals surface area contributed by atoms with Crippen LogP contribution in [0.5, 0.6) is 5.75 Å². The smallest absolute Gasteiger partial charge is 0.410 e. The minimum atomic E-state index is -4.18. The van der Waals surface area contributed by atoms with Crippen LogP contribution in [0.2, 0.25) is 5.02 Å². The highest BCUT2D eigenvalue weighted by Gasteiger charge is 2.33. The minimum Gasteiger partial charge on any atom is -0.487 e. The van der Waals surface area contributed by atoms with Gasteiger partial charge in [0, 0.05) is 30.9 Å². The fourth-order valence-corrected chi connectivity index (χ4v) is 7.16. The number of rotatable bonds is 0. The Labute approximate surface area is 255 Å². The van der Waals surface area contributed by atoms with Crippen LogP contribution < -0.4 is 14.4 Å². The Kier molecular flexibility index (Phi) is 8.49. The number of halogens is 1. The van der Waals surface area contributed by atoms with E-state index in [9.17, 15) is 18.0 Å². The van der Waals surface area contributed by atoms with E-state index in [0.717, 1.165) is 43.2 Å². The van der Waals surface area contributed by atoms with Gasteiger partial charge in [-0.1, -0.05) is 17.7 Å². The van der Waals surface area contributed by atoms with Crippen molar-refractivity contribution >= 4 is 39.3 Å². The van der Waals surface area contributed by atoms with Gasteiger partial charge < -0.3 is 19.3 Å². The number of nitrogens with zero attached hydrogens (tertiary/aromatic N) is 4. The highest BCUT2D eigenvalue weighted by Crippen LogP contribution is 2.35. The molecule has 3 aliphatic rings. The molecule has 1 aromatic heterocycles. The van der Waals surface area contributed by atoms with Crippen LogP contribution in [-0.4, -0.2) is 67.4 Å². The summed E-state index contributed by atoms with van der Waals surface area (Å²) in [5.74, 6) is -0.157. The molecule has 0 spiro atoms. The van der Waals surface area contributed by atoms with Gasteiger partial charge in [-0.05, 0) is 79.1 Å². The van der Waals surface area contributed by atoms with Crippen molar-refractivity contribution in [1.82, 2.24) is 19.4 Å². The number of amides is 2. The molecule has 43 heavy (non-hydrogen) atoms. The van der Waals surface area contributed by atoms with E-state index in [1.54, 1.807) is 27.9 Å². The first-order chi connectivity index (χ1) is 20.7. The van der Waals surface area contributed by atoms with E-state index in [1.807, 2.05) is 18.2 Å². The van der Waals surface area contributed by atoms with Crippen molar-refractivity contribution in [2.45, 2.75) is 62.6 Å². The largest absolute Gasteiger partial charge is 0.487 e. The van der Waals surface area contributed by atoms with Gasteiger partial charge in [0.15, 0.2) is 0 Å². The van der Waals surface area contributed by atoms with E-state index in [0.29, 0.717) is 48.2 Å². The van der Waals surface area contributed by atoms with Gasteiger partial charge in [0.05, 0.1) is 35.8 Å². The number of ether oxygens (including phenoxy) is 2. The molecule has 1 atom stereocenters. The second-order valence-corrected chi connectivity index (χ2v) is 13.3. The fourth-order valence-electron chi connectivity index (χ4n) is 5.97. The third kappa shape index (κ3) is 6.75. The number of fused-ring (bicyclic) bond motifs is 5. The number of hydrogen-bond donors (Lipinski definition) is 1. The Bertz CT molecular complexity index is 1630. The Morgan fingerprint density at radius 1 is 0.977 bits per heavy atom. The van der Waals surface area contributed by atoms with Gasteiger partial charge in [-0.3, -0.25) is 9.48 Å². The first-order valence-electron chi connectivity index (χ1n) is 14.5. The summed E-state index contributed by atoms with van der Waals surface area (Å²) in [6, 6.07) is 10.3. The molecule has 1 saturated heterocycles. The van der Waals surface area contributed by atoms with Crippen LogP contribution in [-0.2, 0) is 45.5 Å². The zero-order valence-corrected chi connectivity index (χ0v) is 25.3. The van der Waals surface area contributed by atoms with E-state index in [1.165, 1.54) is 12.3 Å². The second-order valence-electron chi connectivity index (χ2n) is 11.2. The molecule has 228 valence electrons. The summed E-state index contributed by atoms with van der Waals surface area (Å²) < 4.78 is 42.6. The van der Waals surface area contributed by atoms with Crippen molar-refractivity contribution in [2.24, 2.45) is 0 Å². The third-order valence-corrected chi connectivity index (χ3v) is 9.75. The van der Waals surface area contributed by atoms with Gasteiger partial charge in [0.25, 0.3) is 10.0 Å². The maximum atomic E-state index is 13.4. The molecular weight excluding hydrogens is 594 g/mol. The molecule has 0 saturated carbocycles. The predicted octanol–water partition coefficient (Wildman–Crippen LogP) is 3.92. The van der Waals surface area contributed by atoms with E-state index in [4.69, 9.17) is 21.1 Å². The molecule has 6 rings (SSSR count). The van der Waals surface area contributed by atoms with Crippen molar-refractivity contribution in [1.29, 1.82) is 0 Å². The number of cyclic esters (lactones) is 1. The molecule has 4 heterocycles. The van der Waals surface area contributed by atoms with Crippen LogP contribution >= 0.6 is 11.6 Å². The summed E-state index contributed by atoms with van der Waals surface area (Å²) in [5, 5.41) is 4.88. The summed E-state index contributed by atoms with van der Waals surface area (Å²) >= 11 is 6.29. The highest BCUT2D eigenvalue weighted by molar-refractivity contribution is 7.90. The zero-order chi connectivity index (χ0) is 30.0. The molecular formula is C30H34ClN5O6S. The number of aromatic nitrogens is 2. The van der Waals surface area contributed by atoms with Crippen molar-refractivity contribution in [3.63, 3.8) is 0 Å². The Balaban J connectivity index is 1.38. The predicted molar refractivity (Wildman–Crippen MR) is 160 cm³/mol. The first kappa shape index (κ1) is 29.3. The molecule has 1 N–H and O–H groups in total. The number of carbonyl (C=O) groups is 2. The van der Waals surface area contributed by atoms with Gasteiger partial charge in [0.2, 0.25) is 5.91 Å². The molecule has 2 amide bonds. The van der Waals surface area contributed by atoms with Crippen LogP contribution in [0.15, 0.2) is 53.7 Å². The topological polar surface area (TPSA) is 123 Å². The normalized spacial score (nSPS) is 21.2. The van der Waals surface area contributed by atoms with Gasteiger partial charge >= 0.3 is 6.09 Å². The molecule has 0 aliphatic carbocycles. The van der Waals surface area contributed by atoms with Crippen molar-refractivity contribution in [3.05, 3.63) is 70.5 Å². The number of carbonyl (C=O) groups excluding carboxylic acids is 2. The maximum Gasteiger partial charge on any atom is 0.410 e. The van der Waals surface area contributed by atoms with Crippen LogP contribution in [0, 0.1) is 0 Å². The molecule has 11 nitrogen and oxygen atoms in total. The minimum absolute atomic E-state index is 0.0465. The highest BCUT2D eigenvalue weighted by atomic mass is 35.5. The maximum absolute atomic E-state index is 13.4. The van der Waals surface area contributed by atoms with Gasteiger partial charge in [-0.25, -0.2) is 17.9 Å². The number of sulfonamides is 1. The molecule has 1 fully saturated rings. The fraction of sp³-hybridized carbons (Fsp3) is 0.433. The summed E-state index contributed by atoms with van der Waals surface area (Å²) in [6.07, 6.45) is 6.76. The third-order valence-electron chi connectivity index (χ3n) is 8.15. The summed E-state index contributed by atoms with van der Waals surface area (Å²) in [6.45, 7) is 2.40. The standard InChI is InChI=1S/C30H34ClN5O6S/c31-24-7-6-23-20-42-28-9-8-26-16-27(28)34(10-2-1-4-22(23)15-24)19-25-5-3-11-36(25)30(38)41-13-12-35-18-21(17-32-35)14-29(37)33-43(26,39)40/h6-9,15-18,25H,1-5,10-14,19-20H2,(H,33,37). The number of aryl methyl sites for hydroxylation is 1. The van der Waals surface area contributed by atoms with Crippen LogP contribution in [0.4, 0.5) is 10.5 Å². The van der Waals surface area contributed by atoms with Gasteiger partial charge in [-0.15, -0.1) is 0 Å². The van der Waals surface area contributed by atoms with Gasteiger partial charge in [-0.2, -0.15) is 5.10 Å². The Morgan fingerprint density at radius 2 is 1.86 bits per heavy atom. The number of hydrogen-bond acceptors (Lipinski definition) is 8. The summed E-state index contributed by atoms with van der Waals surface area (Å²) in [7, 11) is -4.18. The average molecular weight is 628 g/mol. The van der Waals surface area contributed by atoms with Crippen LogP contribution in [0.25, 0.3) is 0 Å². The van der Waals surface area contributed by atoms with Crippen LogP contribution in [0.3, 0.4) is 0 Å². The lowest BCUT2D eigenvalue weighted by Gasteiger charge is -2.33. The lowest BCUT2D eigenvalue weighted by atomic mass is 10.0. The molecule has 0 radical (unpaired) electrons. The van der Waals surface area contributed by atoms with E-state index >= 15 is 0 Å². The Morgan fingerprint density at radius 3 is 2.74 bits per heavy atom. The van der Waals surface area contributed by atoms with Crippen LogP contribution in [0.1, 0.15) is 42.4 Å². The number of anilines is 1. The Hall–Kier alpha value is -3.77. The summed E-state index contributed by atoms with van der Waals surface area (Å²) in [5.41, 5.74) is 3.27. The lowest BCUT2D eigenvalue weighted by molar-refractivity contribution is -0.118. The average Bonchev–Trinajstić information content (AvgIpc) is 3.61. The second kappa shape index (κ2) is 12.5. The van der Waals surface area contributed by atoms with E-state index < -0.39 is 15.9 Å². The summed E-state index contributed by atoms with van der Waals surface area (Å²) in [4.78, 5) is 29.7. The molecule has 4 bridgehead atoms. The molecule has 13 heteroatoms. The molecule has 3 aromatic rings. The SMILES string of the molecule is O=C1Cc2cnn(c2)CCOC(=O)N2CCCC2CN2CCCCc3cc(Cl)ccc3COc3ccc(cc32)S(=O)(=O)N1. The lowest BCUT2D eigenvalue weighted by Crippen LogP contribution is -2.44. The first-order valence-corrected chi connectivity index (χ1v) is 16.4. The quantitative estimate of drug-likeness (QED) is 0.398. The van der Waals surface area contributed by atoms with Crippen molar-refractivity contribution < 1.29 is 27.5 Å². The molecule has 1 unspecified atom stereocenters.